The molecular formula is C17H17F2NO. The molecule has 0 aromatic heterocycles. The van der Waals surface area contributed by atoms with E-state index in [2.05, 4.69) is 0 Å². The lowest BCUT2D eigenvalue weighted by molar-refractivity contribution is 0.104. The number of fused-ring (bicyclic) bond motifs is 1. The van der Waals surface area contributed by atoms with E-state index in [0.29, 0.717) is 37.2 Å². The van der Waals surface area contributed by atoms with E-state index in [1.165, 1.54) is 12.1 Å². The van der Waals surface area contributed by atoms with Crippen molar-refractivity contribution in [1.82, 2.24) is 4.90 Å². The topological polar surface area (TPSA) is 23.5 Å². The number of aliphatic hydroxyl groups excluding tert-OH is 1. The maximum atomic E-state index is 13.8. The molecule has 1 heterocycles. The van der Waals surface area contributed by atoms with Gasteiger partial charge in [-0.05, 0) is 29.7 Å². The quantitative estimate of drug-likeness (QED) is 0.938. The predicted octanol–water partition coefficient (Wildman–Crippen LogP) is 3.06. The number of nitrogens with zero attached hydrogens (tertiary/aromatic N) is 1. The van der Waals surface area contributed by atoms with Crippen LogP contribution in [0.3, 0.4) is 0 Å². The van der Waals surface area contributed by atoms with Crippen LogP contribution in [-0.4, -0.2) is 23.1 Å². The molecular weight excluding hydrogens is 272 g/mol. The van der Waals surface area contributed by atoms with Crippen molar-refractivity contribution in [3.05, 3.63) is 70.8 Å². The van der Waals surface area contributed by atoms with Crippen LogP contribution >= 0.6 is 0 Å². The highest BCUT2D eigenvalue weighted by atomic mass is 19.1. The highest BCUT2D eigenvalue weighted by molar-refractivity contribution is 5.32. The molecule has 2 nitrogen and oxygen atoms in total. The van der Waals surface area contributed by atoms with Gasteiger partial charge in [-0.15, -0.1) is 0 Å². The maximum absolute atomic E-state index is 13.8. The van der Waals surface area contributed by atoms with E-state index < -0.39 is 6.10 Å². The fourth-order valence-corrected chi connectivity index (χ4v) is 2.83. The number of hydrogen-bond donors (Lipinski definition) is 1. The molecule has 2 aromatic rings. The molecule has 1 unspecified atom stereocenters. The first-order valence-electron chi connectivity index (χ1n) is 7.06. The first-order chi connectivity index (χ1) is 10.1. The fourth-order valence-electron chi connectivity index (χ4n) is 2.83. The van der Waals surface area contributed by atoms with Crippen LogP contribution in [0.4, 0.5) is 8.78 Å². The molecule has 110 valence electrons. The molecule has 21 heavy (non-hydrogen) atoms. The minimum atomic E-state index is -0.621. The second kappa shape index (κ2) is 5.92. The molecule has 2 aromatic carbocycles. The number of benzene rings is 2. The van der Waals surface area contributed by atoms with Crippen molar-refractivity contribution in [2.75, 3.05) is 13.1 Å². The Morgan fingerprint density at radius 1 is 1.00 bits per heavy atom. The van der Waals surface area contributed by atoms with Crippen molar-refractivity contribution in [2.45, 2.75) is 19.1 Å². The first kappa shape index (κ1) is 14.2. The minimum Gasteiger partial charge on any atom is -0.387 e. The lowest BCUT2D eigenvalue weighted by atomic mass is 9.98. The van der Waals surface area contributed by atoms with Crippen molar-refractivity contribution in [1.29, 1.82) is 0 Å². The summed E-state index contributed by atoms with van der Waals surface area (Å²) in [6.45, 7) is 1.37. The molecule has 0 fully saturated rings. The number of aliphatic hydroxyl groups is 1. The van der Waals surface area contributed by atoms with Crippen LogP contribution in [-0.2, 0) is 13.0 Å². The van der Waals surface area contributed by atoms with Gasteiger partial charge in [0.25, 0.3) is 0 Å². The van der Waals surface area contributed by atoms with E-state index in [0.717, 1.165) is 5.56 Å². The summed E-state index contributed by atoms with van der Waals surface area (Å²) in [7, 11) is 0. The summed E-state index contributed by atoms with van der Waals surface area (Å²) in [6, 6.07) is 11.7. The third-order valence-corrected chi connectivity index (χ3v) is 3.99. The lowest BCUT2D eigenvalue weighted by Crippen LogP contribution is -2.35. The Bertz CT molecular complexity index is 630. The zero-order chi connectivity index (χ0) is 14.8. The van der Waals surface area contributed by atoms with Crippen molar-refractivity contribution < 1.29 is 13.9 Å². The SMILES string of the molecule is OC(CN1CCc2c(F)ccc(F)c2C1)c1ccccc1. The van der Waals surface area contributed by atoms with Gasteiger partial charge in [-0.1, -0.05) is 30.3 Å². The average Bonchev–Trinajstić information content (AvgIpc) is 2.52. The zero-order valence-electron chi connectivity index (χ0n) is 11.6. The van der Waals surface area contributed by atoms with E-state index in [-0.39, 0.29) is 11.6 Å². The molecule has 0 aliphatic carbocycles. The minimum absolute atomic E-state index is 0.336. The van der Waals surface area contributed by atoms with Crippen molar-refractivity contribution in [2.24, 2.45) is 0 Å². The van der Waals surface area contributed by atoms with Crippen LogP contribution in [0.15, 0.2) is 42.5 Å². The van der Waals surface area contributed by atoms with Crippen molar-refractivity contribution >= 4 is 0 Å². The molecule has 0 radical (unpaired) electrons. The third-order valence-electron chi connectivity index (χ3n) is 3.99. The number of β-amino-alcohol motifs (C(OH)–C–C–N with tert-alkyl or cyclic N) is 1. The number of hydrogen-bond acceptors (Lipinski definition) is 2. The van der Waals surface area contributed by atoms with Gasteiger partial charge in [-0.2, -0.15) is 0 Å². The molecule has 0 saturated carbocycles. The molecule has 0 bridgehead atoms. The normalized spacial score (nSPS) is 16.5. The summed E-state index contributed by atoms with van der Waals surface area (Å²) in [5.74, 6) is -0.708. The van der Waals surface area contributed by atoms with E-state index in [1.54, 1.807) is 0 Å². The van der Waals surface area contributed by atoms with E-state index in [4.69, 9.17) is 0 Å². The van der Waals surface area contributed by atoms with Gasteiger partial charge in [-0.3, -0.25) is 4.90 Å². The van der Waals surface area contributed by atoms with Gasteiger partial charge >= 0.3 is 0 Å². The second-order valence-corrected chi connectivity index (χ2v) is 5.40. The van der Waals surface area contributed by atoms with Gasteiger partial charge in [0.2, 0.25) is 0 Å². The summed E-state index contributed by atoms with van der Waals surface area (Å²) in [4.78, 5) is 1.96. The summed E-state index contributed by atoms with van der Waals surface area (Å²) in [5, 5.41) is 10.2. The van der Waals surface area contributed by atoms with Crippen molar-refractivity contribution in [3.8, 4) is 0 Å². The molecule has 1 atom stereocenters. The molecule has 1 aliphatic heterocycles. The molecule has 0 saturated heterocycles. The van der Waals surface area contributed by atoms with Gasteiger partial charge in [-0.25, -0.2) is 8.78 Å². The monoisotopic (exact) mass is 289 g/mol. The predicted molar refractivity (Wildman–Crippen MR) is 76.7 cm³/mol. The Balaban J connectivity index is 1.74. The zero-order valence-corrected chi connectivity index (χ0v) is 11.6. The maximum Gasteiger partial charge on any atom is 0.128 e. The average molecular weight is 289 g/mol. The Morgan fingerprint density at radius 2 is 1.67 bits per heavy atom. The Labute approximate surface area is 122 Å². The smallest absolute Gasteiger partial charge is 0.128 e. The van der Waals surface area contributed by atoms with Crippen LogP contribution in [0.1, 0.15) is 22.8 Å². The molecule has 4 heteroatoms. The summed E-state index contributed by atoms with van der Waals surface area (Å²) in [5.41, 5.74) is 1.73. The highest BCUT2D eigenvalue weighted by Crippen LogP contribution is 2.26. The molecule has 0 spiro atoms. The van der Waals surface area contributed by atoms with Crippen LogP contribution in [0, 0.1) is 11.6 Å². The van der Waals surface area contributed by atoms with Gasteiger partial charge in [0, 0.05) is 25.2 Å². The van der Waals surface area contributed by atoms with Crippen molar-refractivity contribution in [3.63, 3.8) is 0 Å². The molecule has 1 aliphatic rings. The van der Waals surface area contributed by atoms with Crippen LogP contribution in [0.2, 0.25) is 0 Å². The standard InChI is InChI=1S/C17H17F2NO/c18-15-6-7-16(19)14-10-20(9-8-13(14)15)11-17(21)12-4-2-1-3-5-12/h1-7,17,21H,8-11H2. The Hall–Kier alpha value is -1.78. The lowest BCUT2D eigenvalue weighted by Gasteiger charge is -2.30. The van der Waals surface area contributed by atoms with Crippen LogP contribution in [0.5, 0.6) is 0 Å². The highest BCUT2D eigenvalue weighted by Gasteiger charge is 2.24. The summed E-state index contributed by atoms with van der Waals surface area (Å²) < 4.78 is 27.5. The molecule has 0 amide bonds. The van der Waals surface area contributed by atoms with Crippen LogP contribution in [0.25, 0.3) is 0 Å². The molecule has 3 rings (SSSR count). The van der Waals surface area contributed by atoms with Gasteiger partial charge in [0.15, 0.2) is 0 Å². The summed E-state index contributed by atoms with van der Waals surface area (Å²) >= 11 is 0. The van der Waals surface area contributed by atoms with Gasteiger partial charge < -0.3 is 5.11 Å². The van der Waals surface area contributed by atoms with E-state index in [1.807, 2.05) is 35.2 Å². The number of halogens is 2. The number of rotatable bonds is 3. The van der Waals surface area contributed by atoms with E-state index >= 15 is 0 Å². The second-order valence-electron chi connectivity index (χ2n) is 5.40. The van der Waals surface area contributed by atoms with E-state index in [9.17, 15) is 13.9 Å². The third kappa shape index (κ3) is 2.96. The van der Waals surface area contributed by atoms with Gasteiger partial charge in [0.05, 0.1) is 6.10 Å². The summed E-state index contributed by atoms with van der Waals surface area (Å²) in [6.07, 6.45) is -0.148. The first-order valence-corrected chi connectivity index (χ1v) is 7.06. The fraction of sp³-hybridized carbons (Fsp3) is 0.294. The largest absolute Gasteiger partial charge is 0.387 e. The Morgan fingerprint density at radius 3 is 2.38 bits per heavy atom. The molecule has 1 N–H and O–H groups in total. The Kier molecular flexibility index (Phi) is 3.99. The van der Waals surface area contributed by atoms with Crippen LogP contribution < -0.4 is 0 Å². The van der Waals surface area contributed by atoms with Gasteiger partial charge in [0.1, 0.15) is 11.6 Å².